The van der Waals surface area contributed by atoms with Gasteiger partial charge >= 0.3 is 0 Å². The van der Waals surface area contributed by atoms with E-state index in [0.29, 0.717) is 5.76 Å². The summed E-state index contributed by atoms with van der Waals surface area (Å²) in [7, 11) is 0. The van der Waals surface area contributed by atoms with Gasteiger partial charge in [0.05, 0.1) is 6.26 Å². The fourth-order valence-corrected chi connectivity index (χ4v) is 2.36. The molecule has 0 unspecified atom stereocenters. The highest BCUT2D eigenvalue weighted by Gasteiger charge is 2.23. The Kier molecular flexibility index (Phi) is 4.85. The van der Waals surface area contributed by atoms with Crippen LogP contribution in [0.2, 0.25) is 0 Å². The molecule has 4 nitrogen and oxygen atoms in total. The van der Waals surface area contributed by atoms with E-state index in [9.17, 15) is 4.79 Å². The molecule has 0 aliphatic carbocycles. The molecule has 94 valence electrons. The van der Waals surface area contributed by atoms with Crippen LogP contribution in [0.25, 0.3) is 0 Å². The highest BCUT2D eigenvalue weighted by Crippen LogP contribution is 2.09. The number of halogens is 1. The average molecular weight is 348 g/mol. The predicted octanol–water partition coefficient (Wildman–Crippen LogP) is 1.86. The Bertz CT molecular complexity index is 345. The number of amides is 1. The van der Waals surface area contributed by atoms with Crippen molar-refractivity contribution in [2.24, 2.45) is 0 Å². The smallest absolute Gasteiger partial charge is 0.289 e. The van der Waals surface area contributed by atoms with Crippen LogP contribution in [0.4, 0.5) is 0 Å². The molecule has 17 heavy (non-hydrogen) atoms. The van der Waals surface area contributed by atoms with Gasteiger partial charge in [0.25, 0.3) is 5.91 Å². The van der Waals surface area contributed by atoms with E-state index in [-0.39, 0.29) is 5.91 Å². The molecule has 0 N–H and O–H groups in total. The molecule has 1 fully saturated rings. The van der Waals surface area contributed by atoms with Crippen LogP contribution >= 0.6 is 22.6 Å². The first kappa shape index (κ1) is 12.9. The Balaban J connectivity index is 1.81. The summed E-state index contributed by atoms with van der Waals surface area (Å²) in [5.41, 5.74) is 0. The number of piperazine rings is 1. The van der Waals surface area contributed by atoms with E-state index >= 15 is 0 Å². The summed E-state index contributed by atoms with van der Waals surface area (Å²) >= 11 is 2.40. The monoisotopic (exact) mass is 348 g/mol. The standard InChI is InChI=1S/C12H17IN2O2/c13-4-2-5-14-6-8-15(9-7-14)12(16)11-3-1-10-17-11/h1,3,10H,2,4-9H2. The molecule has 1 saturated heterocycles. The van der Waals surface area contributed by atoms with Gasteiger partial charge in [0.2, 0.25) is 0 Å². The first-order valence-corrected chi connectivity index (χ1v) is 7.45. The molecule has 1 aromatic rings. The van der Waals surface area contributed by atoms with Crippen LogP contribution < -0.4 is 0 Å². The van der Waals surface area contributed by atoms with Crippen LogP contribution in [0.15, 0.2) is 22.8 Å². The van der Waals surface area contributed by atoms with Crippen molar-refractivity contribution >= 4 is 28.5 Å². The zero-order valence-electron chi connectivity index (χ0n) is 9.77. The largest absolute Gasteiger partial charge is 0.459 e. The zero-order chi connectivity index (χ0) is 12.1. The lowest BCUT2D eigenvalue weighted by molar-refractivity contribution is 0.0607. The van der Waals surface area contributed by atoms with E-state index in [1.54, 1.807) is 18.4 Å². The molecule has 1 aromatic heterocycles. The van der Waals surface area contributed by atoms with E-state index in [1.807, 2.05) is 4.90 Å². The lowest BCUT2D eigenvalue weighted by Crippen LogP contribution is -2.48. The summed E-state index contributed by atoms with van der Waals surface area (Å²) in [6.07, 6.45) is 2.77. The number of alkyl halides is 1. The van der Waals surface area contributed by atoms with Crippen molar-refractivity contribution in [1.29, 1.82) is 0 Å². The molecule has 2 rings (SSSR count). The molecule has 0 aromatic carbocycles. The molecule has 2 heterocycles. The second kappa shape index (κ2) is 6.39. The van der Waals surface area contributed by atoms with Crippen LogP contribution in [-0.2, 0) is 0 Å². The molecule has 0 atom stereocenters. The van der Waals surface area contributed by atoms with Gasteiger partial charge in [0.1, 0.15) is 0 Å². The molecule has 0 spiro atoms. The van der Waals surface area contributed by atoms with E-state index in [0.717, 1.165) is 32.7 Å². The quantitative estimate of drug-likeness (QED) is 0.616. The Hall–Kier alpha value is -0.560. The van der Waals surface area contributed by atoms with Gasteiger partial charge in [-0.3, -0.25) is 9.69 Å². The minimum Gasteiger partial charge on any atom is -0.459 e. The van der Waals surface area contributed by atoms with Crippen molar-refractivity contribution in [2.45, 2.75) is 6.42 Å². The summed E-state index contributed by atoms with van der Waals surface area (Å²) in [6.45, 7) is 4.71. The van der Waals surface area contributed by atoms with Crippen molar-refractivity contribution in [3.63, 3.8) is 0 Å². The van der Waals surface area contributed by atoms with Crippen LogP contribution in [0.5, 0.6) is 0 Å². The van der Waals surface area contributed by atoms with Gasteiger partial charge in [0.15, 0.2) is 5.76 Å². The maximum Gasteiger partial charge on any atom is 0.289 e. The molecule has 5 heteroatoms. The number of furan rings is 1. The van der Waals surface area contributed by atoms with Gasteiger partial charge < -0.3 is 9.32 Å². The summed E-state index contributed by atoms with van der Waals surface area (Å²) < 4.78 is 6.33. The van der Waals surface area contributed by atoms with E-state index < -0.39 is 0 Å². The number of carbonyl (C=O) groups excluding carboxylic acids is 1. The molecule has 1 aliphatic heterocycles. The molecule has 0 bridgehead atoms. The van der Waals surface area contributed by atoms with Crippen molar-refractivity contribution < 1.29 is 9.21 Å². The second-order valence-electron chi connectivity index (χ2n) is 4.15. The first-order chi connectivity index (χ1) is 8.31. The second-order valence-corrected chi connectivity index (χ2v) is 5.23. The van der Waals surface area contributed by atoms with E-state index in [4.69, 9.17) is 4.42 Å². The van der Waals surface area contributed by atoms with Crippen molar-refractivity contribution in [1.82, 2.24) is 9.80 Å². The van der Waals surface area contributed by atoms with Gasteiger partial charge in [-0.2, -0.15) is 0 Å². The number of nitrogens with zero attached hydrogens (tertiary/aromatic N) is 2. The zero-order valence-corrected chi connectivity index (χ0v) is 11.9. The van der Waals surface area contributed by atoms with Crippen LogP contribution in [0.3, 0.4) is 0 Å². The number of hydrogen-bond acceptors (Lipinski definition) is 3. The van der Waals surface area contributed by atoms with Crippen molar-refractivity contribution in [3.8, 4) is 0 Å². The number of rotatable bonds is 4. The van der Waals surface area contributed by atoms with Crippen molar-refractivity contribution in [3.05, 3.63) is 24.2 Å². The van der Waals surface area contributed by atoms with Gasteiger partial charge in [-0.1, -0.05) is 22.6 Å². The summed E-state index contributed by atoms with van der Waals surface area (Å²) in [5, 5.41) is 0. The predicted molar refractivity (Wildman–Crippen MR) is 74.6 cm³/mol. The Morgan fingerprint density at radius 1 is 1.35 bits per heavy atom. The maximum atomic E-state index is 12.0. The van der Waals surface area contributed by atoms with Gasteiger partial charge in [-0.15, -0.1) is 0 Å². The minimum absolute atomic E-state index is 0.0172. The topological polar surface area (TPSA) is 36.7 Å². The normalized spacial score (nSPS) is 17.4. The van der Waals surface area contributed by atoms with E-state index in [1.165, 1.54) is 10.8 Å². The SMILES string of the molecule is O=C(c1ccco1)N1CCN(CCCI)CC1. The lowest BCUT2D eigenvalue weighted by atomic mass is 10.2. The van der Waals surface area contributed by atoms with Gasteiger partial charge in [-0.25, -0.2) is 0 Å². The van der Waals surface area contributed by atoms with Crippen LogP contribution in [0, 0.1) is 0 Å². The van der Waals surface area contributed by atoms with Gasteiger partial charge in [0, 0.05) is 30.6 Å². The highest BCUT2D eigenvalue weighted by molar-refractivity contribution is 14.1. The van der Waals surface area contributed by atoms with Crippen LogP contribution in [-0.4, -0.2) is 52.9 Å². The summed E-state index contributed by atoms with van der Waals surface area (Å²) in [5.74, 6) is 0.467. The summed E-state index contributed by atoms with van der Waals surface area (Å²) in [6, 6.07) is 3.48. The minimum atomic E-state index is 0.0172. The van der Waals surface area contributed by atoms with Crippen molar-refractivity contribution in [2.75, 3.05) is 37.2 Å². The molecule has 0 saturated carbocycles. The molecule has 0 radical (unpaired) electrons. The Morgan fingerprint density at radius 2 is 2.12 bits per heavy atom. The molecular weight excluding hydrogens is 331 g/mol. The Morgan fingerprint density at radius 3 is 2.71 bits per heavy atom. The van der Waals surface area contributed by atoms with E-state index in [2.05, 4.69) is 27.5 Å². The fourth-order valence-electron chi connectivity index (χ4n) is 2.01. The van der Waals surface area contributed by atoms with Crippen LogP contribution in [0.1, 0.15) is 17.0 Å². The average Bonchev–Trinajstić information content (AvgIpc) is 2.90. The highest BCUT2D eigenvalue weighted by atomic mass is 127. The number of hydrogen-bond donors (Lipinski definition) is 0. The molecular formula is C12H17IN2O2. The fraction of sp³-hybridized carbons (Fsp3) is 0.583. The number of carbonyl (C=O) groups is 1. The van der Waals surface area contributed by atoms with Gasteiger partial charge in [-0.05, 0) is 25.1 Å². The first-order valence-electron chi connectivity index (χ1n) is 5.92. The molecule has 1 aliphatic rings. The summed E-state index contributed by atoms with van der Waals surface area (Å²) in [4.78, 5) is 16.3. The third-order valence-corrected chi connectivity index (χ3v) is 3.76. The maximum absolute atomic E-state index is 12.0. The lowest BCUT2D eigenvalue weighted by Gasteiger charge is -2.34. The third kappa shape index (κ3) is 3.45. The Labute approximate surface area is 115 Å². The third-order valence-electron chi connectivity index (χ3n) is 3.00. The molecule has 1 amide bonds.